The van der Waals surface area contributed by atoms with Crippen molar-refractivity contribution in [3.05, 3.63) is 90.0 Å². The molecule has 0 aliphatic heterocycles. The van der Waals surface area contributed by atoms with Gasteiger partial charge in [-0.3, -0.25) is 4.90 Å². The van der Waals surface area contributed by atoms with E-state index in [0.29, 0.717) is 43.8 Å². The average molecular weight is 520 g/mol. The zero-order valence-electron chi connectivity index (χ0n) is 22.5. The Morgan fingerprint density at radius 1 is 0.947 bits per heavy atom. The number of ether oxygens (including phenoxy) is 3. The number of nitrogens with zero attached hydrogens (tertiary/aromatic N) is 3. The molecule has 2 aromatic heterocycles. The van der Waals surface area contributed by atoms with Crippen LogP contribution in [-0.2, 0) is 17.8 Å². The maximum atomic E-state index is 10.8. The summed E-state index contributed by atoms with van der Waals surface area (Å²) < 4.78 is 24.9. The molecule has 2 aromatic carbocycles. The highest BCUT2D eigenvalue weighted by atomic mass is 16.5. The van der Waals surface area contributed by atoms with Gasteiger partial charge in [-0.2, -0.15) is 5.10 Å². The van der Waals surface area contributed by atoms with E-state index in [1.165, 1.54) is 0 Å². The third-order valence-corrected chi connectivity index (χ3v) is 5.98. The first-order valence-corrected chi connectivity index (χ1v) is 12.9. The van der Waals surface area contributed by atoms with Crippen LogP contribution in [0.5, 0.6) is 17.4 Å². The van der Waals surface area contributed by atoms with Gasteiger partial charge in [0.15, 0.2) is 0 Å². The smallest absolute Gasteiger partial charge is 0.227 e. The molecule has 0 unspecified atom stereocenters. The molecule has 1 N–H and O–H groups in total. The van der Waals surface area contributed by atoms with Crippen LogP contribution in [0.2, 0.25) is 0 Å². The zero-order valence-corrected chi connectivity index (χ0v) is 22.5. The van der Waals surface area contributed by atoms with Gasteiger partial charge in [-0.1, -0.05) is 32.0 Å². The molecular weight excluding hydrogens is 482 g/mol. The fraction of sp³-hybridized carbons (Fsp3) is 0.367. The van der Waals surface area contributed by atoms with Gasteiger partial charge < -0.3 is 23.7 Å². The van der Waals surface area contributed by atoms with Crippen LogP contribution in [0.4, 0.5) is 0 Å². The highest BCUT2D eigenvalue weighted by molar-refractivity contribution is 5.44. The first kappa shape index (κ1) is 27.4. The van der Waals surface area contributed by atoms with Crippen molar-refractivity contribution in [2.24, 2.45) is 5.92 Å². The third kappa shape index (κ3) is 7.47. The quantitative estimate of drug-likeness (QED) is 0.232. The summed E-state index contributed by atoms with van der Waals surface area (Å²) in [5, 5.41) is 15.6. The van der Waals surface area contributed by atoms with Gasteiger partial charge in [-0.05, 0) is 61.4 Å². The molecule has 202 valence electrons. The van der Waals surface area contributed by atoms with Gasteiger partial charge in [0.1, 0.15) is 17.3 Å². The minimum absolute atomic E-state index is 0.268. The summed E-state index contributed by atoms with van der Waals surface area (Å²) in [6.45, 7) is 8.44. The zero-order chi connectivity index (χ0) is 26.9. The van der Waals surface area contributed by atoms with Crippen LogP contribution in [-0.4, -0.2) is 52.8 Å². The second-order valence-electron chi connectivity index (χ2n) is 9.73. The number of aryl methyl sites for hydroxylation is 1. The molecule has 2 heterocycles. The van der Waals surface area contributed by atoms with E-state index in [2.05, 4.69) is 18.7 Å². The number of methoxy groups -OCH3 is 1. The molecule has 0 aliphatic carbocycles. The molecule has 8 heteroatoms. The van der Waals surface area contributed by atoms with Crippen molar-refractivity contribution in [3.8, 4) is 23.1 Å². The molecule has 4 rings (SSSR count). The van der Waals surface area contributed by atoms with Gasteiger partial charge in [-0.25, -0.2) is 4.68 Å². The number of aromatic nitrogens is 2. The van der Waals surface area contributed by atoms with Gasteiger partial charge in [0, 0.05) is 19.7 Å². The van der Waals surface area contributed by atoms with Crippen molar-refractivity contribution in [3.63, 3.8) is 0 Å². The number of furan rings is 1. The Kier molecular flexibility index (Phi) is 9.59. The standard InChI is InChI=1S/C30H37N3O5/c1-22(2)20-36-21-25(34)17-32(18-28-11-8-16-37-28)19-29-23(3)31-33(24-9-6-5-7-10-24)30(29)38-27-14-12-26(35-4)13-15-27/h5-16,22,25,34H,17-21H2,1-4H3/t25-/m1/s1. The predicted octanol–water partition coefficient (Wildman–Crippen LogP) is 5.61. The predicted molar refractivity (Wildman–Crippen MR) is 146 cm³/mol. The van der Waals surface area contributed by atoms with Gasteiger partial charge in [0.2, 0.25) is 5.88 Å². The van der Waals surface area contributed by atoms with E-state index in [1.807, 2.05) is 78.3 Å². The third-order valence-electron chi connectivity index (χ3n) is 5.98. The van der Waals surface area contributed by atoms with E-state index < -0.39 is 6.10 Å². The Hall–Kier alpha value is -3.59. The Labute approximate surface area is 224 Å². The lowest BCUT2D eigenvalue weighted by Crippen LogP contribution is -2.34. The molecule has 0 saturated heterocycles. The molecular formula is C30H37N3O5. The molecule has 38 heavy (non-hydrogen) atoms. The summed E-state index contributed by atoms with van der Waals surface area (Å²) in [5.74, 6) is 3.26. The average Bonchev–Trinajstić information content (AvgIpc) is 3.53. The molecule has 0 spiro atoms. The van der Waals surface area contributed by atoms with Crippen LogP contribution in [0, 0.1) is 12.8 Å². The number of hydrogen-bond acceptors (Lipinski definition) is 7. The van der Waals surface area contributed by atoms with Crippen molar-refractivity contribution in [1.29, 1.82) is 0 Å². The lowest BCUT2D eigenvalue weighted by Gasteiger charge is -2.25. The normalized spacial score (nSPS) is 12.3. The fourth-order valence-electron chi connectivity index (χ4n) is 4.15. The molecule has 0 amide bonds. The van der Waals surface area contributed by atoms with E-state index in [9.17, 15) is 5.11 Å². The van der Waals surface area contributed by atoms with Crippen molar-refractivity contribution in [2.75, 3.05) is 26.9 Å². The summed E-state index contributed by atoms with van der Waals surface area (Å²) in [5.41, 5.74) is 2.66. The fourth-order valence-corrected chi connectivity index (χ4v) is 4.15. The van der Waals surface area contributed by atoms with Crippen LogP contribution in [0.1, 0.15) is 30.9 Å². The number of benzene rings is 2. The number of hydrogen-bond donors (Lipinski definition) is 1. The summed E-state index contributed by atoms with van der Waals surface area (Å²) >= 11 is 0. The van der Waals surface area contributed by atoms with Crippen LogP contribution in [0.3, 0.4) is 0 Å². The number of aliphatic hydroxyl groups is 1. The maximum absolute atomic E-state index is 10.8. The molecule has 0 aliphatic rings. The van der Waals surface area contributed by atoms with Crippen molar-refractivity contribution >= 4 is 0 Å². The van der Waals surface area contributed by atoms with Gasteiger partial charge in [-0.15, -0.1) is 0 Å². The maximum Gasteiger partial charge on any atom is 0.227 e. The van der Waals surface area contributed by atoms with Crippen molar-refractivity contribution in [1.82, 2.24) is 14.7 Å². The minimum Gasteiger partial charge on any atom is -0.497 e. The van der Waals surface area contributed by atoms with Crippen LogP contribution >= 0.6 is 0 Å². The first-order chi connectivity index (χ1) is 18.4. The second-order valence-corrected chi connectivity index (χ2v) is 9.73. The van der Waals surface area contributed by atoms with Crippen molar-refractivity contribution < 1.29 is 23.7 Å². The van der Waals surface area contributed by atoms with Gasteiger partial charge >= 0.3 is 0 Å². The molecule has 0 radical (unpaired) electrons. The molecule has 0 bridgehead atoms. The van der Waals surface area contributed by atoms with Crippen molar-refractivity contribution in [2.45, 2.75) is 40.0 Å². The summed E-state index contributed by atoms with van der Waals surface area (Å²) in [7, 11) is 1.64. The minimum atomic E-state index is -0.654. The highest BCUT2D eigenvalue weighted by Gasteiger charge is 2.23. The molecule has 0 saturated carbocycles. The summed E-state index contributed by atoms with van der Waals surface area (Å²) in [6, 6.07) is 21.2. The van der Waals surface area contributed by atoms with Crippen LogP contribution in [0.15, 0.2) is 77.4 Å². The lowest BCUT2D eigenvalue weighted by atomic mass is 10.2. The Morgan fingerprint density at radius 3 is 2.34 bits per heavy atom. The van der Waals surface area contributed by atoms with E-state index >= 15 is 0 Å². The number of aliphatic hydroxyl groups excluding tert-OH is 1. The molecule has 0 fully saturated rings. The van der Waals surface area contributed by atoms with E-state index in [4.69, 9.17) is 23.7 Å². The lowest BCUT2D eigenvalue weighted by molar-refractivity contribution is 0.00448. The summed E-state index contributed by atoms with van der Waals surface area (Å²) in [4.78, 5) is 2.13. The van der Waals surface area contributed by atoms with Gasteiger partial charge in [0.05, 0.1) is 49.6 Å². The Bertz CT molecular complexity index is 1240. The Balaban J connectivity index is 1.64. The number of rotatable bonds is 14. The largest absolute Gasteiger partial charge is 0.497 e. The van der Waals surface area contributed by atoms with E-state index in [0.717, 1.165) is 28.5 Å². The summed E-state index contributed by atoms with van der Waals surface area (Å²) in [6.07, 6.45) is 1.01. The van der Waals surface area contributed by atoms with Crippen LogP contribution < -0.4 is 9.47 Å². The topological polar surface area (TPSA) is 82.1 Å². The van der Waals surface area contributed by atoms with Crippen LogP contribution in [0.25, 0.3) is 5.69 Å². The van der Waals surface area contributed by atoms with Gasteiger partial charge in [0.25, 0.3) is 0 Å². The highest BCUT2D eigenvalue weighted by Crippen LogP contribution is 2.32. The first-order valence-electron chi connectivity index (χ1n) is 12.9. The molecule has 4 aromatic rings. The SMILES string of the molecule is COc1ccc(Oc2c(CN(Cc3ccco3)C[C@@H](O)COCC(C)C)c(C)nn2-c2ccccc2)cc1. The second kappa shape index (κ2) is 13.3. The number of para-hydroxylation sites is 1. The Morgan fingerprint density at radius 2 is 1.68 bits per heavy atom. The van der Waals surface area contributed by atoms with E-state index in [1.54, 1.807) is 13.4 Å². The van der Waals surface area contributed by atoms with E-state index in [-0.39, 0.29) is 6.61 Å². The molecule has 1 atom stereocenters. The molecule has 8 nitrogen and oxygen atoms in total. The monoisotopic (exact) mass is 519 g/mol.